The largest absolute Gasteiger partial charge is 0.472 e. The summed E-state index contributed by atoms with van der Waals surface area (Å²) < 4.78 is 19.8. The summed E-state index contributed by atoms with van der Waals surface area (Å²) in [6.07, 6.45) is 4.04. The van der Waals surface area contributed by atoms with Crippen LogP contribution in [0.2, 0.25) is 0 Å². The number of likely N-dealkylation sites (N-methyl/N-ethyl adjacent to an activating group) is 1. The molecule has 2 nitrogen and oxygen atoms in total. The molecule has 0 bridgehead atoms. The van der Waals surface area contributed by atoms with Gasteiger partial charge in [0.1, 0.15) is 5.82 Å². The molecule has 1 atom stereocenters. The Bertz CT molecular complexity index is 499. The predicted octanol–water partition coefficient (Wildman–Crippen LogP) is 4.07. The van der Waals surface area contributed by atoms with E-state index in [1.54, 1.807) is 12.5 Å². The lowest BCUT2D eigenvalue weighted by molar-refractivity contribution is 0.504. The van der Waals surface area contributed by atoms with E-state index in [0.29, 0.717) is 12.0 Å². The average Bonchev–Trinajstić information content (AvgIpc) is 2.81. The molecule has 1 heterocycles. The van der Waals surface area contributed by atoms with E-state index in [0.717, 1.165) is 16.6 Å². The Morgan fingerprint density at radius 1 is 1.39 bits per heavy atom. The number of halogens is 2. The smallest absolute Gasteiger partial charge is 0.129 e. The van der Waals surface area contributed by atoms with E-state index in [-0.39, 0.29) is 11.9 Å². The zero-order valence-corrected chi connectivity index (χ0v) is 11.7. The summed E-state index contributed by atoms with van der Waals surface area (Å²) in [6, 6.07) is 7.03. The van der Waals surface area contributed by atoms with Crippen molar-refractivity contribution in [2.45, 2.75) is 19.4 Å². The van der Waals surface area contributed by atoms with Gasteiger partial charge in [0.05, 0.1) is 12.5 Å². The minimum Gasteiger partial charge on any atom is -0.472 e. The van der Waals surface area contributed by atoms with Crippen molar-refractivity contribution in [1.82, 2.24) is 5.32 Å². The normalized spacial score (nSPS) is 12.6. The van der Waals surface area contributed by atoms with Crippen molar-refractivity contribution < 1.29 is 8.81 Å². The summed E-state index contributed by atoms with van der Waals surface area (Å²) in [6.45, 7) is 2.80. The van der Waals surface area contributed by atoms with Crippen LogP contribution in [-0.4, -0.2) is 6.54 Å². The van der Waals surface area contributed by atoms with Gasteiger partial charge in [-0.25, -0.2) is 4.39 Å². The van der Waals surface area contributed by atoms with E-state index >= 15 is 0 Å². The second-order valence-corrected chi connectivity index (χ2v) is 5.03. The topological polar surface area (TPSA) is 25.2 Å². The van der Waals surface area contributed by atoms with E-state index in [9.17, 15) is 4.39 Å². The van der Waals surface area contributed by atoms with Crippen LogP contribution in [0.1, 0.15) is 24.1 Å². The summed E-state index contributed by atoms with van der Waals surface area (Å²) in [5.74, 6) is -0.196. The van der Waals surface area contributed by atoms with Crippen LogP contribution in [-0.2, 0) is 6.42 Å². The third-order valence-corrected chi connectivity index (χ3v) is 3.30. The number of furan rings is 1. The van der Waals surface area contributed by atoms with Gasteiger partial charge in [-0.15, -0.1) is 0 Å². The van der Waals surface area contributed by atoms with Crippen molar-refractivity contribution >= 4 is 15.9 Å². The van der Waals surface area contributed by atoms with Crippen molar-refractivity contribution in [2.24, 2.45) is 0 Å². The summed E-state index contributed by atoms with van der Waals surface area (Å²) in [7, 11) is 0. The lowest BCUT2D eigenvalue weighted by Gasteiger charge is -2.18. The molecule has 0 aliphatic carbocycles. The van der Waals surface area contributed by atoms with Crippen LogP contribution in [0.4, 0.5) is 4.39 Å². The van der Waals surface area contributed by atoms with Gasteiger partial charge in [-0.05, 0) is 36.7 Å². The second-order valence-electron chi connectivity index (χ2n) is 4.11. The molecule has 1 unspecified atom stereocenters. The molecule has 0 radical (unpaired) electrons. The molecule has 0 aliphatic heterocycles. The number of hydrogen-bond acceptors (Lipinski definition) is 2. The first kappa shape index (κ1) is 13.3. The first-order valence-electron chi connectivity index (χ1n) is 5.90. The highest BCUT2D eigenvalue weighted by molar-refractivity contribution is 9.10. The lowest BCUT2D eigenvalue weighted by atomic mass is 10.00. The van der Waals surface area contributed by atoms with Gasteiger partial charge in [0.25, 0.3) is 0 Å². The van der Waals surface area contributed by atoms with Crippen LogP contribution < -0.4 is 5.32 Å². The number of benzene rings is 1. The van der Waals surface area contributed by atoms with Crippen LogP contribution in [0.15, 0.2) is 45.7 Å². The van der Waals surface area contributed by atoms with Crippen molar-refractivity contribution in [2.75, 3.05) is 6.54 Å². The minimum absolute atomic E-state index is 0.0410. The third kappa shape index (κ3) is 3.21. The van der Waals surface area contributed by atoms with Crippen LogP contribution in [0.5, 0.6) is 0 Å². The van der Waals surface area contributed by atoms with Crippen molar-refractivity contribution in [3.63, 3.8) is 0 Å². The maximum atomic E-state index is 14.0. The molecular formula is C14H15BrFNO. The van der Waals surface area contributed by atoms with E-state index < -0.39 is 0 Å². The first-order valence-corrected chi connectivity index (χ1v) is 6.69. The van der Waals surface area contributed by atoms with Crippen molar-refractivity contribution in [3.8, 4) is 0 Å². The fraction of sp³-hybridized carbons (Fsp3) is 0.286. The van der Waals surface area contributed by atoms with E-state index in [2.05, 4.69) is 21.2 Å². The lowest BCUT2D eigenvalue weighted by Crippen LogP contribution is -2.23. The molecule has 1 N–H and O–H groups in total. The Morgan fingerprint density at radius 3 is 2.83 bits per heavy atom. The van der Waals surface area contributed by atoms with Gasteiger partial charge in [-0.1, -0.05) is 28.9 Å². The molecule has 0 amide bonds. The first-order chi connectivity index (χ1) is 8.70. The minimum atomic E-state index is -0.196. The van der Waals surface area contributed by atoms with Crippen LogP contribution in [0.3, 0.4) is 0 Å². The Morgan fingerprint density at radius 2 is 2.22 bits per heavy atom. The van der Waals surface area contributed by atoms with Gasteiger partial charge in [0.15, 0.2) is 0 Å². The third-order valence-electron chi connectivity index (χ3n) is 2.81. The molecule has 0 spiro atoms. The zero-order valence-electron chi connectivity index (χ0n) is 10.1. The summed E-state index contributed by atoms with van der Waals surface area (Å²) >= 11 is 3.27. The van der Waals surface area contributed by atoms with Gasteiger partial charge >= 0.3 is 0 Å². The van der Waals surface area contributed by atoms with Gasteiger partial charge < -0.3 is 9.73 Å². The van der Waals surface area contributed by atoms with Crippen LogP contribution >= 0.6 is 15.9 Å². The fourth-order valence-electron chi connectivity index (χ4n) is 1.97. The highest BCUT2D eigenvalue weighted by Crippen LogP contribution is 2.24. The standard InChI is InChI=1S/C14H15BrFNO/c1-2-17-14(7-10-5-6-18-9-10)12-4-3-11(15)8-13(12)16/h3-6,8-9,14,17H,2,7H2,1H3. The molecule has 0 saturated carbocycles. The maximum absolute atomic E-state index is 14.0. The molecule has 0 fully saturated rings. The quantitative estimate of drug-likeness (QED) is 0.900. The SMILES string of the molecule is CCNC(Cc1ccoc1)c1ccc(Br)cc1F. The molecule has 1 aromatic carbocycles. The van der Waals surface area contributed by atoms with E-state index in [1.807, 2.05) is 25.1 Å². The predicted molar refractivity (Wildman–Crippen MR) is 72.9 cm³/mol. The Labute approximate surface area is 114 Å². The Balaban J connectivity index is 2.23. The molecule has 96 valence electrons. The Kier molecular flexibility index (Phi) is 4.55. The van der Waals surface area contributed by atoms with Crippen LogP contribution in [0, 0.1) is 5.82 Å². The molecular weight excluding hydrogens is 297 g/mol. The Hall–Kier alpha value is -1.13. The van der Waals surface area contributed by atoms with Gasteiger partial charge in [0.2, 0.25) is 0 Å². The van der Waals surface area contributed by atoms with Gasteiger partial charge in [-0.3, -0.25) is 0 Å². The van der Waals surface area contributed by atoms with Gasteiger partial charge in [-0.2, -0.15) is 0 Å². The highest BCUT2D eigenvalue weighted by atomic mass is 79.9. The average molecular weight is 312 g/mol. The number of rotatable bonds is 5. The number of hydrogen-bond donors (Lipinski definition) is 1. The number of nitrogens with one attached hydrogen (secondary N) is 1. The molecule has 4 heteroatoms. The summed E-state index contributed by atoms with van der Waals surface area (Å²) in [5, 5.41) is 3.30. The van der Waals surface area contributed by atoms with Crippen LogP contribution in [0.25, 0.3) is 0 Å². The zero-order chi connectivity index (χ0) is 13.0. The summed E-state index contributed by atoms with van der Waals surface area (Å²) in [5.41, 5.74) is 1.74. The molecule has 0 aliphatic rings. The molecule has 18 heavy (non-hydrogen) atoms. The van der Waals surface area contributed by atoms with Gasteiger partial charge in [0, 0.05) is 16.1 Å². The molecule has 2 aromatic rings. The van der Waals surface area contributed by atoms with Crippen molar-refractivity contribution in [1.29, 1.82) is 0 Å². The highest BCUT2D eigenvalue weighted by Gasteiger charge is 2.16. The molecule has 1 aromatic heterocycles. The van der Waals surface area contributed by atoms with E-state index in [1.165, 1.54) is 6.07 Å². The second kappa shape index (κ2) is 6.16. The molecule has 2 rings (SSSR count). The van der Waals surface area contributed by atoms with Crippen molar-refractivity contribution in [3.05, 3.63) is 58.2 Å². The molecule has 0 saturated heterocycles. The maximum Gasteiger partial charge on any atom is 0.129 e. The monoisotopic (exact) mass is 311 g/mol. The fourth-order valence-corrected chi connectivity index (χ4v) is 2.30. The van der Waals surface area contributed by atoms with E-state index in [4.69, 9.17) is 4.42 Å². The summed E-state index contributed by atoms with van der Waals surface area (Å²) in [4.78, 5) is 0.